The fourth-order valence-corrected chi connectivity index (χ4v) is 4.47. The number of hydrogen-bond acceptors (Lipinski definition) is 3. The number of rotatable bonds is 3. The summed E-state index contributed by atoms with van der Waals surface area (Å²) in [4.78, 5) is 2.49. The minimum atomic E-state index is -0.470. The zero-order valence-electron chi connectivity index (χ0n) is 17.9. The molecule has 0 amide bonds. The molecule has 1 saturated heterocycles. The van der Waals surface area contributed by atoms with Gasteiger partial charge in [0.1, 0.15) is 5.75 Å². The van der Waals surface area contributed by atoms with Gasteiger partial charge < -0.3 is 9.47 Å². The molecule has 30 heavy (non-hydrogen) atoms. The molecule has 2 aliphatic rings. The van der Waals surface area contributed by atoms with Crippen molar-refractivity contribution in [3.8, 4) is 16.9 Å². The minimum absolute atomic E-state index is 0.470. The van der Waals surface area contributed by atoms with Crippen molar-refractivity contribution in [1.29, 1.82) is 0 Å². The highest BCUT2D eigenvalue weighted by Crippen LogP contribution is 2.39. The predicted molar refractivity (Wildman–Crippen MR) is 120 cm³/mol. The van der Waals surface area contributed by atoms with Gasteiger partial charge >= 0.3 is 0 Å². The van der Waals surface area contributed by atoms with E-state index in [1.54, 1.807) is 0 Å². The first kappa shape index (κ1) is 19.3. The van der Waals surface area contributed by atoms with Crippen molar-refractivity contribution in [2.75, 3.05) is 13.1 Å². The topological polar surface area (TPSA) is 21.7 Å². The lowest BCUT2D eigenvalue weighted by Crippen LogP contribution is -2.51. The zero-order chi connectivity index (χ0) is 20.6. The van der Waals surface area contributed by atoms with Gasteiger partial charge in [0, 0.05) is 38.0 Å². The number of fused-ring (bicyclic) bond motifs is 1. The van der Waals surface area contributed by atoms with Crippen LogP contribution in [0, 0.1) is 13.8 Å². The molecule has 5 rings (SSSR count). The van der Waals surface area contributed by atoms with Crippen LogP contribution in [0.4, 0.5) is 0 Å². The Hall–Kier alpha value is -2.62. The van der Waals surface area contributed by atoms with Crippen molar-refractivity contribution < 1.29 is 9.47 Å². The van der Waals surface area contributed by atoms with E-state index in [4.69, 9.17) is 9.47 Å². The van der Waals surface area contributed by atoms with Crippen LogP contribution in [0.2, 0.25) is 0 Å². The third-order valence-corrected chi connectivity index (χ3v) is 6.55. The molecule has 0 aromatic heterocycles. The fourth-order valence-electron chi connectivity index (χ4n) is 4.47. The van der Waals surface area contributed by atoms with Gasteiger partial charge in [0.25, 0.3) is 0 Å². The molecule has 0 saturated carbocycles. The van der Waals surface area contributed by atoms with Crippen LogP contribution in [0.15, 0.2) is 66.7 Å². The Morgan fingerprint density at radius 2 is 1.57 bits per heavy atom. The molecule has 3 nitrogen and oxygen atoms in total. The molecule has 0 bridgehead atoms. The van der Waals surface area contributed by atoms with Gasteiger partial charge in [-0.2, -0.15) is 0 Å². The molecule has 1 spiro atoms. The Morgan fingerprint density at radius 3 is 2.33 bits per heavy atom. The second-order valence-corrected chi connectivity index (χ2v) is 8.68. The monoisotopic (exact) mass is 399 g/mol. The summed E-state index contributed by atoms with van der Waals surface area (Å²) in [6, 6.07) is 23.8. The van der Waals surface area contributed by atoms with E-state index in [-0.39, 0.29) is 0 Å². The molecule has 3 aromatic rings. The summed E-state index contributed by atoms with van der Waals surface area (Å²) in [5.74, 6) is 0.507. The van der Waals surface area contributed by atoms with E-state index in [1.165, 1.54) is 27.8 Å². The van der Waals surface area contributed by atoms with E-state index < -0.39 is 5.79 Å². The lowest BCUT2D eigenvalue weighted by molar-refractivity contribution is -0.228. The second kappa shape index (κ2) is 7.90. The first-order chi connectivity index (χ1) is 14.6. The van der Waals surface area contributed by atoms with Crippen LogP contribution in [-0.4, -0.2) is 23.8 Å². The van der Waals surface area contributed by atoms with E-state index >= 15 is 0 Å². The summed E-state index contributed by atoms with van der Waals surface area (Å²) in [6.07, 6.45) is 1.80. The molecular weight excluding hydrogens is 370 g/mol. The maximum absolute atomic E-state index is 6.44. The lowest BCUT2D eigenvalue weighted by Gasteiger charge is -2.44. The summed E-state index contributed by atoms with van der Waals surface area (Å²) in [7, 11) is 0. The molecule has 3 heteroatoms. The average molecular weight is 400 g/mol. The second-order valence-electron chi connectivity index (χ2n) is 8.68. The Morgan fingerprint density at radius 1 is 0.833 bits per heavy atom. The molecule has 0 unspecified atom stereocenters. The number of nitrogens with zero attached hydrogens (tertiary/aromatic N) is 1. The number of hydrogen-bond donors (Lipinski definition) is 0. The lowest BCUT2D eigenvalue weighted by atomic mass is 9.97. The van der Waals surface area contributed by atoms with E-state index in [1.807, 2.05) is 0 Å². The summed E-state index contributed by atoms with van der Waals surface area (Å²) >= 11 is 0. The number of ether oxygens (including phenoxy) is 2. The minimum Gasteiger partial charge on any atom is -0.462 e. The third-order valence-electron chi connectivity index (χ3n) is 6.55. The van der Waals surface area contributed by atoms with Gasteiger partial charge in [-0.1, -0.05) is 54.6 Å². The zero-order valence-corrected chi connectivity index (χ0v) is 17.9. The number of benzene rings is 3. The molecule has 0 radical (unpaired) electrons. The largest absolute Gasteiger partial charge is 0.462 e. The SMILES string of the molecule is Cc1ccc(-c2ccc3c(c2)COC2(CCN(Cc4ccccc4)CC2)O3)cc1C. The third kappa shape index (κ3) is 3.88. The Kier molecular flexibility index (Phi) is 5.10. The highest BCUT2D eigenvalue weighted by Gasteiger charge is 2.40. The van der Waals surface area contributed by atoms with Crippen LogP contribution in [0.1, 0.15) is 35.1 Å². The quantitative estimate of drug-likeness (QED) is 0.550. The summed E-state index contributed by atoms with van der Waals surface area (Å²) in [6.45, 7) is 7.91. The van der Waals surface area contributed by atoms with E-state index in [2.05, 4.69) is 85.5 Å². The number of aryl methyl sites for hydroxylation is 2. The number of likely N-dealkylation sites (tertiary alicyclic amines) is 1. The maximum atomic E-state index is 6.44. The van der Waals surface area contributed by atoms with E-state index in [0.29, 0.717) is 6.61 Å². The van der Waals surface area contributed by atoms with Gasteiger partial charge in [-0.05, 0) is 53.8 Å². The summed E-state index contributed by atoms with van der Waals surface area (Å²) in [5.41, 5.74) is 7.61. The number of piperidine rings is 1. The van der Waals surface area contributed by atoms with E-state index in [0.717, 1.165) is 43.8 Å². The Balaban J connectivity index is 1.27. The van der Waals surface area contributed by atoms with Gasteiger partial charge in [0.15, 0.2) is 0 Å². The molecule has 154 valence electrons. The predicted octanol–water partition coefficient (Wildman–Crippen LogP) is 5.87. The van der Waals surface area contributed by atoms with Crippen LogP contribution < -0.4 is 4.74 Å². The fraction of sp³-hybridized carbons (Fsp3) is 0.333. The Bertz CT molecular complexity index is 1040. The van der Waals surface area contributed by atoms with Crippen LogP contribution in [0.25, 0.3) is 11.1 Å². The summed E-state index contributed by atoms with van der Waals surface area (Å²) < 4.78 is 12.8. The van der Waals surface area contributed by atoms with Crippen molar-refractivity contribution in [3.63, 3.8) is 0 Å². The van der Waals surface area contributed by atoms with Crippen molar-refractivity contribution >= 4 is 0 Å². The molecule has 0 N–H and O–H groups in total. The van der Waals surface area contributed by atoms with Crippen LogP contribution in [0.3, 0.4) is 0 Å². The van der Waals surface area contributed by atoms with Crippen LogP contribution in [-0.2, 0) is 17.9 Å². The van der Waals surface area contributed by atoms with Crippen molar-refractivity contribution in [2.24, 2.45) is 0 Å². The highest BCUT2D eigenvalue weighted by atomic mass is 16.7. The Labute approximate surface area is 179 Å². The standard InChI is InChI=1S/C27H29NO2/c1-20-8-9-23(16-21(20)2)24-10-11-26-25(17-24)19-29-27(30-26)12-14-28(15-13-27)18-22-6-4-3-5-7-22/h3-11,16-17H,12-15,18-19H2,1-2H3. The van der Waals surface area contributed by atoms with Gasteiger partial charge in [0.2, 0.25) is 5.79 Å². The first-order valence-electron chi connectivity index (χ1n) is 10.9. The van der Waals surface area contributed by atoms with Gasteiger partial charge in [-0.15, -0.1) is 0 Å². The van der Waals surface area contributed by atoms with Crippen molar-refractivity contribution in [3.05, 3.63) is 89.0 Å². The van der Waals surface area contributed by atoms with Crippen LogP contribution >= 0.6 is 0 Å². The molecule has 1 fully saturated rings. The summed E-state index contributed by atoms with van der Waals surface area (Å²) in [5, 5.41) is 0. The average Bonchev–Trinajstić information content (AvgIpc) is 2.78. The van der Waals surface area contributed by atoms with Crippen molar-refractivity contribution in [1.82, 2.24) is 4.90 Å². The maximum Gasteiger partial charge on any atom is 0.213 e. The first-order valence-corrected chi connectivity index (χ1v) is 10.9. The molecule has 2 aliphatic heterocycles. The molecule has 0 atom stereocenters. The van der Waals surface area contributed by atoms with Crippen LogP contribution in [0.5, 0.6) is 5.75 Å². The molecule has 2 heterocycles. The highest BCUT2D eigenvalue weighted by molar-refractivity contribution is 5.67. The van der Waals surface area contributed by atoms with Gasteiger partial charge in [0.05, 0.1) is 6.61 Å². The van der Waals surface area contributed by atoms with Crippen molar-refractivity contribution in [2.45, 2.75) is 45.6 Å². The van der Waals surface area contributed by atoms with Gasteiger partial charge in [-0.25, -0.2) is 0 Å². The molecule has 0 aliphatic carbocycles. The molecular formula is C27H29NO2. The van der Waals surface area contributed by atoms with Gasteiger partial charge in [-0.3, -0.25) is 4.90 Å². The smallest absolute Gasteiger partial charge is 0.213 e. The normalized spacial score (nSPS) is 18.1. The molecule has 3 aromatic carbocycles. The van der Waals surface area contributed by atoms with E-state index in [9.17, 15) is 0 Å².